The third-order valence-corrected chi connectivity index (χ3v) is 5.00. The van der Waals surface area contributed by atoms with E-state index in [-0.39, 0.29) is 17.8 Å². The minimum absolute atomic E-state index is 0.0151. The normalized spacial score (nSPS) is 19.9. The van der Waals surface area contributed by atoms with Crippen molar-refractivity contribution in [3.63, 3.8) is 0 Å². The molecule has 2 aliphatic rings. The molecule has 2 fully saturated rings. The van der Waals surface area contributed by atoms with E-state index in [1.54, 1.807) is 9.80 Å². The Morgan fingerprint density at radius 1 is 0.958 bits per heavy atom. The summed E-state index contributed by atoms with van der Waals surface area (Å²) in [7, 11) is 0. The van der Waals surface area contributed by atoms with Gasteiger partial charge in [-0.05, 0) is 25.0 Å². The summed E-state index contributed by atoms with van der Waals surface area (Å²) in [4.78, 5) is 15.8. The van der Waals surface area contributed by atoms with E-state index in [0.29, 0.717) is 26.2 Å². The van der Waals surface area contributed by atoms with Gasteiger partial charge < -0.3 is 15.1 Å². The third kappa shape index (κ3) is 3.97. The van der Waals surface area contributed by atoms with Crippen molar-refractivity contribution in [2.24, 2.45) is 0 Å². The van der Waals surface area contributed by atoms with Crippen LogP contribution in [0, 0.1) is 11.6 Å². The van der Waals surface area contributed by atoms with Crippen LogP contribution in [0.1, 0.15) is 38.5 Å². The molecule has 1 aliphatic carbocycles. The van der Waals surface area contributed by atoms with Gasteiger partial charge in [0.15, 0.2) is 0 Å². The lowest BCUT2D eigenvalue weighted by Gasteiger charge is -2.36. The highest BCUT2D eigenvalue weighted by Gasteiger charge is 2.26. The highest BCUT2D eigenvalue weighted by atomic mass is 19.1. The van der Waals surface area contributed by atoms with Crippen molar-refractivity contribution in [3.8, 4) is 0 Å². The Hall–Kier alpha value is -1.85. The van der Waals surface area contributed by atoms with Gasteiger partial charge in [0, 0.05) is 32.2 Å². The molecule has 0 spiro atoms. The van der Waals surface area contributed by atoms with Crippen LogP contribution in [0.15, 0.2) is 18.2 Å². The Labute approximate surface area is 141 Å². The van der Waals surface area contributed by atoms with Crippen LogP contribution in [0.2, 0.25) is 0 Å². The standard InChI is InChI=1S/C18H25F2N3O/c19-15-8-5-9-16(20)17(15)22-10-12-23(13-11-22)18(24)21-14-6-3-1-2-4-7-14/h5,8-9,14H,1-4,6-7,10-13H2,(H,21,24). The van der Waals surface area contributed by atoms with E-state index in [0.717, 1.165) is 12.8 Å². The first-order valence-corrected chi connectivity index (χ1v) is 8.89. The fraction of sp³-hybridized carbons (Fsp3) is 0.611. The average molecular weight is 337 g/mol. The third-order valence-electron chi connectivity index (χ3n) is 5.00. The zero-order valence-electron chi connectivity index (χ0n) is 13.9. The van der Waals surface area contributed by atoms with E-state index in [2.05, 4.69) is 5.32 Å². The summed E-state index contributed by atoms with van der Waals surface area (Å²) < 4.78 is 27.7. The van der Waals surface area contributed by atoms with E-state index >= 15 is 0 Å². The van der Waals surface area contributed by atoms with Crippen molar-refractivity contribution in [2.75, 3.05) is 31.1 Å². The number of para-hydroxylation sites is 1. The maximum absolute atomic E-state index is 13.9. The van der Waals surface area contributed by atoms with Crippen LogP contribution in [-0.2, 0) is 0 Å². The van der Waals surface area contributed by atoms with Crippen LogP contribution < -0.4 is 10.2 Å². The second-order valence-electron chi connectivity index (χ2n) is 6.68. The summed E-state index contributed by atoms with van der Waals surface area (Å²) in [5.41, 5.74) is 0.0151. The molecule has 1 aromatic rings. The van der Waals surface area contributed by atoms with Crippen LogP contribution in [0.5, 0.6) is 0 Å². The fourth-order valence-electron chi connectivity index (χ4n) is 3.61. The van der Waals surface area contributed by atoms with E-state index in [1.807, 2.05) is 0 Å². The number of amides is 2. The van der Waals surface area contributed by atoms with Gasteiger partial charge >= 0.3 is 6.03 Å². The van der Waals surface area contributed by atoms with Crippen LogP contribution in [0.3, 0.4) is 0 Å². The van der Waals surface area contributed by atoms with E-state index in [4.69, 9.17) is 0 Å². The molecule has 0 atom stereocenters. The number of nitrogens with one attached hydrogen (secondary N) is 1. The molecule has 4 nitrogen and oxygen atoms in total. The Morgan fingerprint density at radius 3 is 2.12 bits per heavy atom. The maximum Gasteiger partial charge on any atom is 0.317 e. The topological polar surface area (TPSA) is 35.6 Å². The molecule has 0 radical (unpaired) electrons. The molecule has 1 N–H and O–H groups in total. The molecule has 0 unspecified atom stereocenters. The number of halogens is 2. The second kappa shape index (κ2) is 7.81. The molecular formula is C18H25F2N3O. The van der Waals surface area contributed by atoms with Crippen molar-refractivity contribution in [1.29, 1.82) is 0 Å². The van der Waals surface area contributed by atoms with Gasteiger partial charge in [-0.15, -0.1) is 0 Å². The van der Waals surface area contributed by atoms with Gasteiger partial charge in [-0.2, -0.15) is 0 Å². The number of hydrogen-bond acceptors (Lipinski definition) is 2. The maximum atomic E-state index is 13.9. The summed E-state index contributed by atoms with van der Waals surface area (Å²) >= 11 is 0. The summed E-state index contributed by atoms with van der Waals surface area (Å²) in [6.45, 7) is 1.84. The Balaban J connectivity index is 1.53. The van der Waals surface area contributed by atoms with Crippen molar-refractivity contribution in [1.82, 2.24) is 10.2 Å². The number of hydrogen-bond donors (Lipinski definition) is 1. The molecule has 2 amide bonds. The molecular weight excluding hydrogens is 312 g/mol. The molecule has 0 aromatic heterocycles. The fourth-order valence-corrected chi connectivity index (χ4v) is 3.61. The van der Waals surface area contributed by atoms with Gasteiger partial charge in [0.2, 0.25) is 0 Å². The molecule has 1 saturated heterocycles. The minimum atomic E-state index is -0.550. The first kappa shape index (κ1) is 17.0. The van der Waals surface area contributed by atoms with Crippen molar-refractivity contribution >= 4 is 11.7 Å². The second-order valence-corrected chi connectivity index (χ2v) is 6.68. The Kier molecular flexibility index (Phi) is 5.53. The highest BCUT2D eigenvalue weighted by molar-refractivity contribution is 5.75. The van der Waals surface area contributed by atoms with Gasteiger partial charge in [0.25, 0.3) is 0 Å². The zero-order chi connectivity index (χ0) is 16.9. The Bertz CT molecular complexity index is 545. The molecule has 132 valence electrons. The van der Waals surface area contributed by atoms with Gasteiger partial charge in [0.05, 0.1) is 0 Å². The lowest BCUT2D eigenvalue weighted by atomic mass is 10.1. The predicted molar refractivity (Wildman–Crippen MR) is 90.2 cm³/mol. The average Bonchev–Trinajstić information content (AvgIpc) is 2.84. The number of urea groups is 1. The smallest absolute Gasteiger partial charge is 0.317 e. The predicted octanol–water partition coefficient (Wildman–Crippen LogP) is 3.52. The summed E-state index contributed by atoms with van der Waals surface area (Å²) in [6, 6.07) is 4.12. The highest BCUT2D eigenvalue weighted by Crippen LogP contribution is 2.24. The molecule has 6 heteroatoms. The number of carbonyl (C=O) groups excluding carboxylic acids is 1. The molecule has 1 heterocycles. The van der Waals surface area contributed by atoms with Crippen molar-refractivity contribution in [3.05, 3.63) is 29.8 Å². The SMILES string of the molecule is O=C(NC1CCCCCC1)N1CCN(c2c(F)cccc2F)CC1. The van der Waals surface area contributed by atoms with Crippen molar-refractivity contribution in [2.45, 2.75) is 44.6 Å². The lowest BCUT2D eigenvalue weighted by molar-refractivity contribution is 0.188. The molecule has 24 heavy (non-hydrogen) atoms. The summed E-state index contributed by atoms with van der Waals surface area (Å²) in [5.74, 6) is -1.10. The van der Waals surface area contributed by atoms with Crippen LogP contribution in [-0.4, -0.2) is 43.2 Å². The molecule has 1 aromatic carbocycles. The van der Waals surface area contributed by atoms with Gasteiger partial charge in [-0.3, -0.25) is 0 Å². The first-order chi connectivity index (χ1) is 11.6. The molecule has 1 saturated carbocycles. The monoisotopic (exact) mass is 337 g/mol. The lowest BCUT2D eigenvalue weighted by Crippen LogP contribution is -2.53. The van der Waals surface area contributed by atoms with Crippen LogP contribution >= 0.6 is 0 Å². The largest absolute Gasteiger partial charge is 0.363 e. The molecule has 1 aliphatic heterocycles. The number of benzene rings is 1. The van der Waals surface area contributed by atoms with E-state index in [9.17, 15) is 13.6 Å². The number of piperazine rings is 1. The van der Waals surface area contributed by atoms with Gasteiger partial charge in [0.1, 0.15) is 17.3 Å². The molecule has 0 bridgehead atoms. The number of anilines is 1. The van der Waals surface area contributed by atoms with Crippen molar-refractivity contribution < 1.29 is 13.6 Å². The van der Waals surface area contributed by atoms with Gasteiger partial charge in [-0.25, -0.2) is 13.6 Å². The summed E-state index contributed by atoms with van der Waals surface area (Å²) in [6.07, 6.45) is 6.94. The summed E-state index contributed by atoms with van der Waals surface area (Å²) in [5, 5.41) is 3.13. The number of rotatable bonds is 2. The first-order valence-electron chi connectivity index (χ1n) is 8.89. The zero-order valence-corrected chi connectivity index (χ0v) is 13.9. The van der Waals surface area contributed by atoms with E-state index in [1.165, 1.54) is 43.9 Å². The van der Waals surface area contributed by atoms with Crippen LogP contribution in [0.25, 0.3) is 0 Å². The molecule has 3 rings (SSSR count). The quantitative estimate of drug-likeness (QED) is 0.838. The van der Waals surface area contributed by atoms with Gasteiger partial charge in [-0.1, -0.05) is 31.7 Å². The van der Waals surface area contributed by atoms with E-state index < -0.39 is 11.6 Å². The minimum Gasteiger partial charge on any atom is -0.363 e. The Morgan fingerprint density at radius 2 is 1.54 bits per heavy atom. The number of carbonyl (C=O) groups is 1. The van der Waals surface area contributed by atoms with Crippen LogP contribution in [0.4, 0.5) is 19.3 Å². The number of nitrogens with zero attached hydrogens (tertiary/aromatic N) is 2.